The number of halogens is 1. The summed E-state index contributed by atoms with van der Waals surface area (Å²) >= 11 is 1.72. The Balaban J connectivity index is 0.00000162. The van der Waals surface area contributed by atoms with Crippen LogP contribution >= 0.6 is 23.7 Å². The standard InChI is InChI=1S/C13H20N2OS.ClH/c1-10-5-6-17-12(10)9-15(2)13(16)8-14-7-11-3-4-11;/h5-6,11,14H,3-4,7-9H2,1-2H3;1H. The normalized spacial score (nSPS) is 14.1. The summed E-state index contributed by atoms with van der Waals surface area (Å²) in [6.45, 7) is 4.29. The largest absolute Gasteiger partial charge is 0.340 e. The van der Waals surface area contributed by atoms with Gasteiger partial charge < -0.3 is 10.2 Å². The quantitative estimate of drug-likeness (QED) is 0.872. The topological polar surface area (TPSA) is 32.3 Å². The minimum absolute atomic E-state index is 0. The molecule has 0 aromatic carbocycles. The highest BCUT2D eigenvalue weighted by Crippen LogP contribution is 2.27. The van der Waals surface area contributed by atoms with Gasteiger partial charge in [0.1, 0.15) is 0 Å². The Morgan fingerprint density at radius 1 is 1.56 bits per heavy atom. The summed E-state index contributed by atoms with van der Waals surface area (Å²) in [5.74, 6) is 1.01. The molecule has 0 atom stereocenters. The molecule has 0 unspecified atom stereocenters. The molecule has 3 nitrogen and oxygen atoms in total. The molecule has 0 radical (unpaired) electrons. The van der Waals surface area contributed by atoms with Crippen LogP contribution in [0.25, 0.3) is 0 Å². The van der Waals surface area contributed by atoms with E-state index in [2.05, 4.69) is 23.7 Å². The number of hydrogen-bond acceptors (Lipinski definition) is 3. The molecule has 1 aliphatic rings. The Labute approximate surface area is 119 Å². The van der Waals surface area contributed by atoms with Gasteiger partial charge in [0, 0.05) is 11.9 Å². The Kier molecular flexibility index (Phi) is 6.12. The summed E-state index contributed by atoms with van der Waals surface area (Å²) in [6.07, 6.45) is 2.65. The molecule has 102 valence electrons. The molecule has 1 heterocycles. The summed E-state index contributed by atoms with van der Waals surface area (Å²) in [5.41, 5.74) is 1.28. The van der Waals surface area contributed by atoms with E-state index in [9.17, 15) is 4.79 Å². The first-order chi connectivity index (χ1) is 8.16. The smallest absolute Gasteiger partial charge is 0.236 e. The lowest BCUT2D eigenvalue weighted by atomic mass is 10.3. The molecule has 0 spiro atoms. The maximum Gasteiger partial charge on any atom is 0.236 e. The Hall–Kier alpha value is -0.580. The summed E-state index contributed by atoms with van der Waals surface area (Å²) in [4.78, 5) is 14.9. The first-order valence-electron chi connectivity index (χ1n) is 6.14. The number of nitrogens with zero attached hydrogens (tertiary/aromatic N) is 1. The lowest BCUT2D eigenvalue weighted by Crippen LogP contribution is -2.35. The lowest BCUT2D eigenvalue weighted by molar-refractivity contribution is -0.129. The number of amides is 1. The number of aryl methyl sites for hydroxylation is 1. The van der Waals surface area contributed by atoms with Gasteiger partial charge in [-0.3, -0.25) is 4.79 Å². The Bertz CT molecular complexity index is 390. The number of rotatable bonds is 6. The van der Waals surface area contributed by atoms with Crippen LogP contribution in [0.1, 0.15) is 23.3 Å². The zero-order valence-electron chi connectivity index (χ0n) is 10.9. The van der Waals surface area contributed by atoms with E-state index in [1.54, 1.807) is 16.2 Å². The van der Waals surface area contributed by atoms with Crippen molar-refractivity contribution in [2.75, 3.05) is 20.1 Å². The van der Waals surface area contributed by atoms with Crippen LogP contribution in [-0.4, -0.2) is 30.9 Å². The first-order valence-corrected chi connectivity index (χ1v) is 7.02. The molecule has 0 bridgehead atoms. The summed E-state index contributed by atoms with van der Waals surface area (Å²) in [5, 5.41) is 5.31. The highest BCUT2D eigenvalue weighted by Gasteiger charge is 2.21. The number of carbonyl (C=O) groups excluding carboxylic acids is 1. The van der Waals surface area contributed by atoms with Crippen LogP contribution in [0.2, 0.25) is 0 Å². The molecule has 1 N–H and O–H groups in total. The van der Waals surface area contributed by atoms with E-state index in [0.717, 1.165) is 19.0 Å². The number of hydrogen-bond donors (Lipinski definition) is 1. The van der Waals surface area contributed by atoms with E-state index in [4.69, 9.17) is 0 Å². The van der Waals surface area contributed by atoms with Gasteiger partial charge in [-0.2, -0.15) is 0 Å². The minimum Gasteiger partial charge on any atom is -0.340 e. The van der Waals surface area contributed by atoms with Gasteiger partial charge in [-0.05, 0) is 49.2 Å². The van der Waals surface area contributed by atoms with Crippen LogP contribution < -0.4 is 5.32 Å². The maximum atomic E-state index is 11.9. The van der Waals surface area contributed by atoms with Gasteiger partial charge in [0.2, 0.25) is 5.91 Å². The van der Waals surface area contributed by atoms with Gasteiger partial charge >= 0.3 is 0 Å². The second-order valence-corrected chi connectivity index (χ2v) is 5.85. The third-order valence-corrected chi connectivity index (χ3v) is 4.19. The number of nitrogens with one attached hydrogen (secondary N) is 1. The van der Waals surface area contributed by atoms with Crippen molar-refractivity contribution < 1.29 is 4.79 Å². The maximum absolute atomic E-state index is 11.9. The molecular weight excluding hydrogens is 268 g/mol. The molecular formula is C13H21ClN2OS. The highest BCUT2D eigenvalue weighted by atomic mass is 35.5. The summed E-state index contributed by atoms with van der Waals surface area (Å²) < 4.78 is 0. The van der Waals surface area contributed by atoms with Crippen LogP contribution in [0, 0.1) is 12.8 Å². The van der Waals surface area contributed by atoms with Crippen molar-refractivity contribution >= 4 is 29.7 Å². The van der Waals surface area contributed by atoms with Crippen molar-refractivity contribution in [2.45, 2.75) is 26.3 Å². The predicted molar refractivity (Wildman–Crippen MR) is 78.4 cm³/mol. The molecule has 0 aliphatic heterocycles. The van der Waals surface area contributed by atoms with Crippen molar-refractivity contribution in [2.24, 2.45) is 5.92 Å². The minimum atomic E-state index is 0. The van der Waals surface area contributed by atoms with Crippen LogP contribution in [0.4, 0.5) is 0 Å². The zero-order valence-corrected chi connectivity index (χ0v) is 12.6. The third kappa shape index (κ3) is 4.59. The molecule has 1 fully saturated rings. The molecule has 1 saturated carbocycles. The average Bonchev–Trinajstić information content (AvgIpc) is 3.04. The third-order valence-electron chi connectivity index (χ3n) is 3.18. The number of likely N-dealkylation sites (N-methyl/N-ethyl adjacent to an activating group) is 1. The van der Waals surface area contributed by atoms with Gasteiger partial charge in [0.15, 0.2) is 0 Å². The SMILES string of the molecule is Cc1ccsc1CN(C)C(=O)CNCC1CC1.Cl. The Morgan fingerprint density at radius 2 is 2.28 bits per heavy atom. The van der Waals surface area contributed by atoms with Crippen LogP contribution in [0.15, 0.2) is 11.4 Å². The van der Waals surface area contributed by atoms with Crippen molar-refractivity contribution in [3.63, 3.8) is 0 Å². The van der Waals surface area contributed by atoms with Crippen molar-refractivity contribution in [1.82, 2.24) is 10.2 Å². The molecule has 2 rings (SSSR count). The van der Waals surface area contributed by atoms with E-state index < -0.39 is 0 Å². The zero-order chi connectivity index (χ0) is 12.3. The van der Waals surface area contributed by atoms with Crippen molar-refractivity contribution in [1.29, 1.82) is 0 Å². The molecule has 1 aromatic heterocycles. The fraction of sp³-hybridized carbons (Fsp3) is 0.615. The molecule has 1 aromatic rings. The van der Waals surface area contributed by atoms with Gasteiger partial charge in [-0.15, -0.1) is 23.7 Å². The number of carbonyl (C=O) groups is 1. The van der Waals surface area contributed by atoms with E-state index >= 15 is 0 Å². The fourth-order valence-electron chi connectivity index (χ4n) is 1.71. The van der Waals surface area contributed by atoms with Crippen LogP contribution in [-0.2, 0) is 11.3 Å². The molecule has 0 saturated heterocycles. The predicted octanol–water partition coefficient (Wildman–Crippen LogP) is 2.44. The van der Waals surface area contributed by atoms with E-state index in [-0.39, 0.29) is 18.3 Å². The molecule has 1 amide bonds. The molecule has 1 aliphatic carbocycles. The molecule has 18 heavy (non-hydrogen) atoms. The first kappa shape index (κ1) is 15.5. The van der Waals surface area contributed by atoms with Gasteiger partial charge in [0.05, 0.1) is 13.1 Å². The summed E-state index contributed by atoms with van der Waals surface area (Å²) in [7, 11) is 1.88. The summed E-state index contributed by atoms with van der Waals surface area (Å²) in [6, 6.07) is 2.10. The van der Waals surface area contributed by atoms with E-state index in [0.29, 0.717) is 6.54 Å². The van der Waals surface area contributed by atoms with Gasteiger partial charge in [0.25, 0.3) is 0 Å². The highest BCUT2D eigenvalue weighted by molar-refractivity contribution is 7.10. The van der Waals surface area contributed by atoms with Crippen LogP contribution in [0.3, 0.4) is 0 Å². The second-order valence-electron chi connectivity index (χ2n) is 4.85. The lowest BCUT2D eigenvalue weighted by Gasteiger charge is -2.17. The fourth-order valence-corrected chi connectivity index (χ4v) is 2.67. The Morgan fingerprint density at radius 3 is 2.83 bits per heavy atom. The van der Waals surface area contributed by atoms with Crippen LogP contribution in [0.5, 0.6) is 0 Å². The second kappa shape index (κ2) is 7.12. The number of thiophene rings is 1. The van der Waals surface area contributed by atoms with E-state index in [1.165, 1.54) is 23.3 Å². The van der Waals surface area contributed by atoms with Crippen molar-refractivity contribution in [3.05, 3.63) is 21.9 Å². The van der Waals surface area contributed by atoms with Gasteiger partial charge in [-0.25, -0.2) is 0 Å². The monoisotopic (exact) mass is 288 g/mol. The average molecular weight is 289 g/mol. The van der Waals surface area contributed by atoms with E-state index in [1.807, 2.05) is 7.05 Å². The van der Waals surface area contributed by atoms with Crippen molar-refractivity contribution in [3.8, 4) is 0 Å². The van der Waals surface area contributed by atoms with Gasteiger partial charge in [-0.1, -0.05) is 0 Å². The molecule has 5 heteroatoms.